The molecule has 0 radical (unpaired) electrons. The Morgan fingerprint density at radius 1 is 1.67 bits per heavy atom. The molecule has 0 aromatic carbocycles. The molecule has 1 aliphatic heterocycles. The Labute approximate surface area is 76.6 Å². The highest BCUT2D eigenvalue weighted by atomic mass is 79.9. The van der Waals surface area contributed by atoms with Crippen LogP contribution in [0.4, 0.5) is 0 Å². The molecule has 1 N–H and O–H groups in total. The van der Waals surface area contributed by atoms with Crippen LogP contribution in [0.25, 0.3) is 0 Å². The molecule has 1 unspecified atom stereocenters. The Balaban J connectivity index is 2.92. The van der Waals surface area contributed by atoms with E-state index in [0.29, 0.717) is 0 Å². The van der Waals surface area contributed by atoms with Crippen LogP contribution in [0, 0.1) is 0 Å². The molecular formula is C6H6BrNO4. The number of esters is 1. The highest BCUT2D eigenvalue weighted by molar-refractivity contribution is 9.10. The summed E-state index contributed by atoms with van der Waals surface area (Å²) in [5, 5.41) is 2.00. The molecule has 0 aliphatic carbocycles. The van der Waals surface area contributed by atoms with Crippen LogP contribution in [-0.4, -0.2) is 29.2 Å². The van der Waals surface area contributed by atoms with Crippen LogP contribution in [0.5, 0.6) is 0 Å². The smallest absolute Gasteiger partial charge is 0.332 e. The van der Waals surface area contributed by atoms with Crippen molar-refractivity contribution in [2.45, 2.75) is 10.7 Å². The van der Waals surface area contributed by atoms with Gasteiger partial charge in [0.1, 0.15) is 0 Å². The van der Waals surface area contributed by atoms with E-state index in [1.165, 1.54) is 0 Å². The normalized spacial score (nSPS) is 28.5. The van der Waals surface area contributed by atoms with Gasteiger partial charge in [0.05, 0.1) is 13.5 Å². The van der Waals surface area contributed by atoms with Crippen LogP contribution >= 0.6 is 15.9 Å². The van der Waals surface area contributed by atoms with Crippen molar-refractivity contribution in [1.29, 1.82) is 0 Å². The van der Waals surface area contributed by atoms with E-state index in [0.717, 1.165) is 7.11 Å². The van der Waals surface area contributed by atoms with Gasteiger partial charge in [0, 0.05) is 0 Å². The number of hydrogen-bond acceptors (Lipinski definition) is 4. The summed E-state index contributed by atoms with van der Waals surface area (Å²) in [6.07, 6.45) is -0.210. The second-order valence-corrected chi connectivity index (χ2v) is 3.70. The van der Waals surface area contributed by atoms with E-state index in [4.69, 9.17) is 0 Å². The van der Waals surface area contributed by atoms with E-state index in [2.05, 4.69) is 20.7 Å². The van der Waals surface area contributed by atoms with Crippen LogP contribution in [-0.2, 0) is 19.1 Å². The third-order valence-corrected chi connectivity index (χ3v) is 2.49. The maximum atomic E-state index is 11.0. The first-order valence-corrected chi connectivity index (χ1v) is 3.91. The van der Waals surface area contributed by atoms with Gasteiger partial charge in [-0.25, -0.2) is 4.79 Å². The lowest BCUT2D eigenvalue weighted by atomic mass is 10.1. The lowest BCUT2D eigenvalue weighted by Gasteiger charge is -2.12. The van der Waals surface area contributed by atoms with Crippen molar-refractivity contribution in [2.24, 2.45) is 0 Å². The average molecular weight is 236 g/mol. The fourth-order valence-corrected chi connectivity index (χ4v) is 1.41. The van der Waals surface area contributed by atoms with Crippen molar-refractivity contribution in [3.05, 3.63) is 0 Å². The van der Waals surface area contributed by atoms with Gasteiger partial charge in [0.25, 0.3) is 5.91 Å². The van der Waals surface area contributed by atoms with Gasteiger partial charge in [0.15, 0.2) is 0 Å². The van der Waals surface area contributed by atoms with E-state index >= 15 is 0 Å². The topological polar surface area (TPSA) is 72.5 Å². The van der Waals surface area contributed by atoms with E-state index in [1.807, 2.05) is 5.32 Å². The van der Waals surface area contributed by atoms with Gasteiger partial charge in [-0.1, -0.05) is 15.9 Å². The van der Waals surface area contributed by atoms with E-state index in [1.54, 1.807) is 0 Å². The zero-order chi connectivity index (χ0) is 9.35. The second kappa shape index (κ2) is 2.85. The van der Waals surface area contributed by atoms with E-state index < -0.39 is 22.1 Å². The van der Waals surface area contributed by atoms with Gasteiger partial charge in [-0.15, -0.1) is 0 Å². The Hall–Kier alpha value is -0.910. The summed E-state index contributed by atoms with van der Waals surface area (Å²) in [4.78, 5) is 32.8. The second-order valence-electron chi connectivity index (χ2n) is 2.35. The van der Waals surface area contributed by atoms with Crippen molar-refractivity contribution in [1.82, 2.24) is 5.32 Å². The summed E-state index contributed by atoms with van der Waals surface area (Å²) in [5.74, 6) is -1.91. The fraction of sp³-hybridized carbons (Fsp3) is 0.500. The van der Waals surface area contributed by atoms with Gasteiger partial charge in [-0.05, 0) is 0 Å². The Morgan fingerprint density at radius 3 is 2.58 bits per heavy atom. The highest BCUT2D eigenvalue weighted by Gasteiger charge is 2.52. The molecule has 2 amide bonds. The number of carbonyl (C=O) groups is 3. The molecule has 1 saturated heterocycles. The van der Waals surface area contributed by atoms with Crippen LogP contribution in [0.3, 0.4) is 0 Å². The van der Waals surface area contributed by atoms with E-state index in [9.17, 15) is 14.4 Å². The minimum atomic E-state index is -1.52. The molecule has 1 aliphatic rings. The van der Waals surface area contributed by atoms with Crippen molar-refractivity contribution >= 4 is 33.7 Å². The number of alkyl halides is 1. The fourth-order valence-electron chi connectivity index (χ4n) is 0.898. The highest BCUT2D eigenvalue weighted by Crippen LogP contribution is 2.28. The predicted octanol–water partition coefficient (Wildman–Crippen LogP) is -0.660. The Bertz CT molecular complexity index is 264. The molecule has 0 aromatic heterocycles. The van der Waals surface area contributed by atoms with Crippen LogP contribution in [0.2, 0.25) is 0 Å². The molecule has 0 bridgehead atoms. The summed E-state index contributed by atoms with van der Waals surface area (Å²) >= 11 is 2.87. The van der Waals surface area contributed by atoms with Crippen LogP contribution in [0.15, 0.2) is 0 Å². The monoisotopic (exact) mass is 235 g/mol. The van der Waals surface area contributed by atoms with Crippen molar-refractivity contribution in [3.8, 4) is 0 Å². The molecule has 6 heteroatoms. The van der Waals surface area contributed by atoms with Crippen LogP contribution < -0.4 is 5.32 Å². The number of methoxy groups -OCH3 is 1. The predicted molar refractivity (Wildman–Crippen MR) is 41.4 cm³/mol. The third-order valence-electron chi connectivity index (χ3n) is 1.53. The summed E-state index contributed by atoms with van der Waals surface area (Å²) in [6.45, 7) is 0. The number of nitrogens with one attached hydrogen (secondary N) is 1. The Kier molecular flexibility index (Phi) is 2.18. The van der Waals surface area contributed by atoms with Crippen LogP contribution in [0.1, 0.15) is 6.42 Å². The number of amides is 2. The molecule has 0 saturated carbocycles. The molecule has 5 nitrogen and oxygen atoms in total. The first-order valence-electron chi connectivity index (χ1n) is 3.12. The summed E-state index contributed by atoms with van der Waals surface area (Å²) in [5.41, 5.74) is 0. The molecule has 66 valence electrons. The van der Waals surface area contributed by atoms with Gasteiger partial charge < -0.3 is 4.74 Å². The number of carbonyl (C=O) groups excluding carboxylic acids is 3. The van der Waals surface area contributed by atoms with Gasteiger partial charge in [-0.3, -0.25) is 14.9 Å². The zero-order valence-corrected chi connectivity index (χ0v) is 7.80. The molecule has 1 atom stereocenters. The third kappa shape index (κ3) is 1.22. The largest absolute Gasteiger partial charge is 0.468 e. The minimum absolute atomic E-state index is 0.210. The maximum absolute atomic E-state index is 11.0. The molecule has 1 rings (SSSR count). The van der Waals surface area contributed by atoms with E-state index in [-0.39, 0.29) is 6.42 Å². The van der Waals surface area contributed by atoms with Gasteiger partial charge >= 0.3 is 5.97 Å². The number of rotatable bonds is 1. The molecule has 1 fully saturated rings. The van der Waals surface area contributed by atoms with Gasteiger partial charge in [0.2, 0.25) is 10.2 Å². The first-order chi connectivity index (χ1) is 5.50. The summed E-state index contributed by atoms with van der Waals surface area (Å²) in [6, 6.07) is 0. The first kappa shape index (κ1) is 9.18. The van der Waals surface area contributed by atoms with Crippen molar-refractivity contribution in [3.63, 3.8) is 0 Å². The lowest BCUT2D eigenvalue weighted by Crippen LogP contribution is -2.40. The number of hydrogen-bond donors (Lipinski definition) is 1. The average Bonchev–Trinajstić information content (AvgIpc) is 2.26. The standard InChI is InChI=1S/C6H6BrNO4/c1-12-5(11)6(7)2-3(9)8-4(6)10/h2H2,1H3,(H,8,9,10). The lowest BCUT2D eigenvalue weighted by molar-refractivity contribution is -0.146. The Morgan fingerprint density at radius 2 is 2.25 bits per heavy atom. The maximum Gasteiger partial charge on any atom is 0.332 e. The molecular weight excluding hydrogens is 230 g/mol. The van der Waals surface area contributed by atoms with Crippen molar-refractivity contribution < 1.29 is 19.1 Å². The zero-order valence-electron chi connectivity index (χ0n) is 6.22. The number of halogens is 1. The summed E-state index contributed by atoms with van der Waals surface area (Å²) in [7, 11) is 1.15. The molecule has 1 heterocycles. The number of imide groups is 1. The quantitative estimate of drug-likeness (QED) is 0.284. The summed E-state index contributed by atoms with van der Waals surface area (Å²) < 4.78 is 2.84. The SMILES string of the molecule is COC(=O)C1(Br)CC(=O)NC1=O. The molecule has 0 spiro atoms. The number of ether oxygens (including phenoxy) is 1. The minimum Gasteiger partial charge on any atom is -0.468 e. The van der Waals surface area contributed by atoms with Gasteiger partial charge in [-0.2, -0.15) is 0 Å². The molecule has 0 aromatic rings. The molecule has 12 heavy (non-hydrogen) atoms. The van der Waals surface area contributed by atoms with Crippen molar-refractivity contribution in [2.75, 3.05) is 7.11 Å².